The topological polar surface area (TPSA) is 149 Å². The second-order valence-electron chi connectivity index (χ2n) is 20.4. The first-order valence-electron chi connectivity index (χ1n) is 29.3. The van der Waals surface area contributed by atoms with Crippen molar-refractivity contribution in [2.75, 3.05) is 13.2 Å². The molecule has 6 N–H and O–H groups in total. The van der Waals surface area contributed by atoms with Crippen LogP contribution in [0.25, 0.3) is 0 Å². The molecule has 7 unspecified atom stereocenters. The maximum Gasteiger partial charge on any atom is 0.220 e. The molecule has 0 aromatic rings. The van der Waals surface area contributed by atoms with E-state index in [1.165, 1.54) is 180 Å². The first-order chi connectivity index (χ1) is 33.8. The molecule has 1 aliphatic rings. The van der Waals surface area contributed by atoms with Crippen molar-refractivity contribution in [1.82, 2.24) is 5.32 Å². The Kier molecular flexibility index (Phi) is 47.0. The summed E-state index contributed by atoms with van der Waals surface area (Å²) in [5.41, 5.74) is 0. The van der Waals surface area contributed by atoms with E-state index in [1.54, 1.807) is 0 Å². The number of carbonyl (C=O) groups excluding carboxylic acids is 1. The minimum Gasteiger partial charge on any atom is -0.394 e. The van der Waals surface area contributed by atoms with Gasteiger partial charge in [-0.05, 0) is 51.4 Å². The summed E-state index contributed by atoms with van der Waals surface area (Å²) in [6.45, 7) is 3.72. The Morgan fingerprint density at radius 3 is 1.30 bits per heavy atom. The third kappa shape index (κ3) is 39.4. The van der Waals surface area contributed by atoms with Crippen molar-refractivity contribution in [2.45, 2.75) is 314 Å². The Hall–Kier alpha value is -1.85. The molecule has 1 aliphatic heterocycles. The van der Waals surface area contributed by atoms with Gasteiger partial charge in [0.25, 0.3) is 0 Å². The summed E-state index contributed by atoms with van der Waals surface area (Å²) in [6, 6.07) is -0.743. The molecule has 404 valence electrons. The molecule has 0 spiro atoms. The smallest absolute Gasteiger partial charge is 0.220 e. The lowest BCUT2D eigenvalue weighted by molar-refractivity contribution is -0.302. The standard InChI is InChI=1S/C60H111NO8/c1-3-5-7-9-11-13-15-17-19-20-21-22-23-24-25-26-27-28-29-30-31-32-33-34-36-37-39-41-43-45-47-49-54(63)53(52-68-60-59(67)58(66)57(65)55(51-62)69-60)61-56(64)50-48-46-44-42-40-38-35-18-16-14-12-10-8-6-4-2/h6,8,12,14,18,35,40,42,53-55,57-60,62-63,65-67H,3-5,7,9-11,13,15-17,19-34,36-39,41,43-52H2,1-2H3,(H,61,64)/b8-6-,14-12-,35-18-,42-40-. The Balaban J connectivity index is 2.15. The highest BCUT2D eigenvalue weighted by Crippen LogP contribution is 2.23. The van der Waals surface area contributed by atoms with Crippen molar-refractivity contribution in [3.8, 4) is 0 Å². The number of allylic oxidation sites excluding steroid dienone is 8. The first-order valence-corrected chi connectivity index (χ1v) is 29.3. The zero-order valence-corrected chi connectivity index (χ0v) is 44.8. The van der Waals surface area contributed by atoms with Crippen LogP contribution in [0, 0.1) is 0 Å². The molecule has 1 rings (SSSR count). The van der Waals surface area contributed by atoms with E-state index in [-0.39, 0.29) is 12.5 Å². The van der Waals surface area contributed by atoms with Crippen LogP contribution >= 0.6 is 0 Å². The summed E-state index contributed by atoms with van der Waals surface area (Å²) in [6.07, 6.45) is 58.8. The van der Waals surface area contributed by atoms with Gasteiger partial charge in [-0.25, -0.2) is 0 Å². The van der Waals surface area contributed by atoms with Crippen LogP contribution < -0.4 is 5.32 Å². The minimum atomic E-state index is -1.56. The first kappa shape index (κ1) is 65.2. The predicted octanol–water partition coefficient (Wildman–Crippen LogP) is 14.5. The van der Waals surface area contributed by atoms with Crippen molar-refractivity contribution < 1.29 is 39.8 Å². The van der Waals surface area contributed by atoms with Crippen LogP contribution in [0.15, 0.2) is 48.6 Å². The van der Waals surface area contributed by atoms with E-state index in [0.717, 1.165) is 57.8 Å². The van der Waals surface area contributed by atoms with Crippen molar-refractivity contribution in [3.63, 3.8) is 0 Å². The highest BCUT2D eigenvalue weighted by atomic mass is 16.7. The zero-order valence-electron chi connectivity index (χ0n) is 44.8. The van der Waals surface area contributed by atoms with Crippen LogP contribution in [-0.2, 0) is 14.3 Å². The van der Waals surface area contributed by atoms with Gasteiger partial charge in [0.15, 0.2) is 6.29 Å². The van der Waals surface area contributed by atoms with Crippen LogP contribution in [0.1, 0.15) is 271 Å². The number of hydrogen-bond acceptors (Lipinski definition) is 8. The van der Waals surface area contributed by atoms with Crippen molar-refractivity contribution in [1.29, 1.82) is 0 Å². The molecule has 69 heavy (non-hydrogen) atoms. The minimum absolute atomic E-state index is 0.156. The zero-order chi connectivity index (χ0) is 50.1. The molecular formula is C60H111NO8. The number of amides is 1. The number of aliphatic hydroxyl groups is 5. The number of aliphatic hydroxyl groups excluding tert-OH is 5. The van der Waals surface area contributed by atoms with Gasteiger partial charge in [0.05, 0.1) is 25.4 Å². The molecule has 1 fully saturated rings. The average Bonchev–Trinajstić information content (AvgIpc) is 3.35. The van der Waals surface area contributed by atoms with Crippen LogP contribution in [0.4, 0.5) is 0 Å². The van der Waals surface area contributed by atoms with Gasteiger partial charge in [-0.15, -0.1) is 0 Å². The van der Waals surface area contributed by atoms with Gasteiger partial charge in [0.2, 0.25) is 5.91 Å². The Labute approximate surface area is 424 Å². The maximum absolute atomic E-state index is 13.0. The van der Waals surface area contributed by atoms with Crippen LogP contribution in [0.3, 0.4) is 0 Å². The molecule has 0 aromatic carbocycles. The number of hydrogen-bond donors (Lipinski definition) is 6. The third-order valence-electron chi connectivity index (χ3n) is 13.9. The number of rotatable bonds is 50. The molecule has 0 radical (unpaired) electrons. The molecule has 1 amide bonds. The normalized spacial score (nSPS) is 19.8. The van der Waals surface area contributed by atoms with Gasteiger partial charge in [0, 0.05) is 6.42 Å². The van der Waals surface area contributed by atoms with E-state index in [4.69, 9.17) is 9.47 Å². The summed E-state index contributed by atoms with van der Waals surface area (Å²) in [5, 5.41) is 54.6. The van der Waals surface area contributed by atoms with E-state index < -0.39 is 49.5 Å². The molecule has 9 nitrogen and oxygen atoms in total. The fourth-order valence-electron chi connectivity index (χ4n) is 9.33. The number of unbranched alkanes of at least 4 members (excludes halogenated alkanes) is 32. The fraction of sp³-hybridized carbons (Fsp3) is 0.850. The second kappa shape index (κ2) is 49.7. The summed E-state index contributed by atoms with van der Waals surface area (Å²) in [5.74, 6) is -0.183. The molecule has 7 atom stereocenters. The highest BCUT2D eigenvalue weighted by molar-refractivity contribution is 5.76. The Morgan fingerprint density at radius 2 is 0.899 bits per heavy atom. The lowest BCUT2D eigenvalue weighted by atomic mass is 9.99. The molecule has 1 saturated heterocycles. The van der Waals surface area contributed by atoms with Crippen molar-refractivity contribution >= 4 is 5.91 Å². The van der Waals surface area contributed by atoms with E-state index >= 15 is 0 Å². The van der Waals surface area contributed by atoms with E-state index in [0.29, 0.717) is 19.3 Å². The molecule has 1 heterocycles. The number of nitrogens with one attached hydrogen (secondary N) is 1. The SMILES string of the molecule is CC/C=C\C/C=C\C/C=C\C/C=C\CCCCC(=O)NC(COC1OC(CO)C(O)C(O)C1O)C(O)CCCCCCCCCCCCCCCCCCCCCCCCCCCCCCCCC. The van der Waals surface area contributed by atoms with Gasteiger partial charge in [0.1, 0.15) is 24.4 Å². The predicted molar refractivity (Wildman–Crippen MR) is 290 cm³/mol. The molecule has 0 aliphatic carbocycles. The number of ether oxygens (including phenoxy) is 2. The van der Waals surface area contributed by atoms with Gasteiger partial charge < -0.3 is 40.3 Å². The largest absolute Gasteiger partial charge is 0.394 e. The van der Waals surface area contributed by atoms with E-state index in [2.05, 4.69) is 67.8 Å². The van der Waals surface area contributed by atoms with Crippen LogP contribution in [-0.4, -0.2) is 87.5 Å². The van der Waals surface area contributed by atoms with E-state index in [9.17, 15) is 30.3 Å². The van der Waals surface area contributed by atoms with Gasteiger partial charge in [-0.3, -0.25) is 4.79 Å². The summed E-state index contributed by atoms with van der Waals surface area (Å²) in [4.78, 5) is 13.0. The molecule has 0 bridgehead atoms. The molecular weight excluding hydrogens is 863 g/mol. The third-order valence-corrected chi connectivity index (χ3v) is 13.9. The van der Waals surface area contributed by atoms with Gasteiger partial charge in [-0.2, -0.15) is 0 Å². The lowest BCUT2D eigenvalue weighted by Gasteiger charge is -2.40. The lowest BCUT2D eigenvalue weighted by Crippen LogP contribution is -2.60. The maximum atomic E-state index is 13.0. The van der Waals surface area contributed by atoms with Crippen LogP contribution in [0.5, 0.6) is 0 Å². The quantitative estimate of drug-likeness (QED) is 0.0261. The Bertz CT molecular complexity index is 1220. The van der Waals surface area contributed by atoms with Gasteiger partial charge >= 0.3 is 0 Å². The summed E-state index contributed by atoms with van der Waals surface area (Å²) >= 11 is 0. The Morgan fingerprint density at radius 1 is 0.507 bits per heavy atom. The summed E-state index contributed by atoms with van der Waals surface area (Å²) in [7, 11) is 0. The fourth-order valence-corrected chi connectivity index (χ4v) is 9.33. The molecule has 0 saturated carbocycles. The van der Waals surface area contributed by atoms with Crippen molar-refractivity contribution in [2.24, 2.45) is 0 Å². The van der Waals surface area contributed by atoms with Crippen molar-refractivity contribution in [3.05, 3.63) is 48.6 Å². The summed E-state index contributed by atoms with van der Waals surface area (Å²) < 4.78 is 11.3. The number of carbonyl (C=O) groups is 1. The van der Waals surface area contributed by atoms with Gasteiger partial charge in [-0.1, -0.05) is 262 Å². The van der Waals surface area contributed by atoms with Crippen LogP contribution in [0.2, 0.25) is 0 Å². The average molecular weight is 975 g/mol. The highest BCUT2D eigenvalue weighted by Gasteiger charge is 2.44. The second-order valence-corrected chi connectivity index (χ2v) is 20.4. The monoisotopic (exact) mass is 974 g/mol. The molecule has 9 heteroatoms. The van der Waals surface area contributed by atoms with E-state index in [1.807, 2.05) is 0 Å². The molecule has 0 aromatic heterocycles.